The van der Waals surface area contributed by atoms with Gasteiger partial charge in [-0.3, -0.25) is 9.59 Å². The Labute approximate surface area is 580 Å². The fourth-order valence-corrected chi connectivity index (χ4v) is 13.1. The maximum absolute atomic E-state index is 13.0. The maximum atomic E-state index is 13.0. The van der Waals surface area contributed by atoms with Crippen LogP contribution in [0.2, 0.25) is 0 Å². The molecule has 9 nitrogen and oxygen atoms in total. The number of aliphatic carboxylic acids is 1. The van der Waals surface area contributed by atoms with E-state index in [2.05, 4.69) is 26.0 Å². The number of esters is 2. The normalized spacial score (nSPS) is 12.6. The van der Waals surface area contributed by atoms with Gasteiger partial charge in [0.05, 0.1) is 34.4 Å². The minimum Gasteiger partial charge on any atom is -0.477 e. The van der Waals surface area contributed by atoms with Gasteiger partial charge in [0.1, 0.15) is 13.2 Å². The lowest BCUT2D eigenvalue weighted by Crippen LogP contribution is -2.40. The number of carbonyl (C=O) groups is 3. The number of nitrogens with zero attached hydrogens (tertiary/aromatic N) is 1. The molecule has 0 spiro atoms. The first kappa shape index (κ1) is 91.0. The van der Waals surface area contributed by atoms with Crippen molar-refractivity contribution in [2.24, 2.45) is 0 Å². The van der Waals surface area contributed by atoms with E-state index in [9.17, 15) is 19.5 Å². The molecule has 0 aromatic carbocycles. The molecule has 0 fully saturated rings. The summed E-state index contributed by atoms with van der Waals surface area (Å²) in [6, 6.07) is 0. The first-order valence-electron chi connectivity index (χ1n) is 41.9. The number of likely N-dealkylation sites (N-methyl/N-ethyl adjacent to an activating group) is 1. The SMILES string of the molecule is CCCCCCCCCC/C=C\CCCCCCCCCCCCCCCCCCCCCC(=O)OC(COC(=O)CCCCCCCCCCCCCCCCCCCCCCCCCCCCCCCCCCCCCCC)COC(OCC[N+](C)(C)C)C(=O)O. The first-order valence-corrected chi connectivity index (χ1v) is 41.9. The second kappa shape index (κ2) is 75.8. The Morgan fingerprint density at radius 1 is 0.312 bits per heavy atom. The van der Waals surface area contributed by atoms with Crippen molar-refractivity contribution >= 4 is 17.9 Å². The number of rotatable bonds is 80. The van der Waals surface area contributed by atoms with Crippen LogP contribution in [0.15, 0.2) is 12.2 Å². The fraction of sp³-hybridized carbons (Fsp3) is 0.940. The molecule has 2 unspecified atom stereocenters. The average Bonchev–Trinajstić information content (AvgIpc) is 3.38. The summed E-state index contributed by atoms with van der Waals surface area (Å²) >= 11 is 0. The summed E-state index contributed by atoms with van der Waals surface area (Å²) in [5.74, 6) is -1.96. The Morgan fingerprint density at radius 3 is 0.796 bits per heavy atom. The van der Waals surface area contributed by atoms with E-state index in [1.165, 1.54) is 385 Å². The highest BCUT2D eigenvalue weighted by Crippen LogP contribution is 2.21. The fourth-order valence-electron chi connectivity index (χ4n) is 13.1. The Balaban J connectivity index is 3.92. The van der Waals surface area contributed by atoms with Crippen molar-refractivity contribution in [3.63, 3.8) is 0 Å². The van der Waals surface area contributed by atoms with Gasteiger partial charge in [0.2, 0.25) is 0 Å². The molecule has 2 atom stereocenters. The number of allylic oxidation sites excluding steroid dienone is 2. The summed E-state index contributed by atoms with van der Waals surface area (Å²) in [5, 5.41) is 9.78. The van der Waals surface area contributed by atoms with Crippen molar-refractivity contribution in [2.75, 3.05) is 47.5 Å². The quantitative estimate of drug-likeness (QED) is 0.0211. The van der Waals surface area contributed by atoms with E-state index in [4.69, 9.17) is 18.9 Å². The Morgan fingerprint density at radius 2 is 0.548 bits per heavy atom. The van der Waals surface area contributed by atoms with Gasteiger partial charge in [-0.15, -0.1) is 0 Å². The number of carbonyl (C=O) groups excluding carboxylic acids is 2. The summed E-state index contributed by atoms with van der Waals surface area (Å²) in [7, 11) is 6.00. The Kier molecular flexibility index (Phi) is 74.2. The van der Waals surface area contributed by atoms with Crippen LogP contribution in [-0.2, 0) is 33.3 Å². The molecule has 93 heavy (non-hydrogen) atoms. The zero-order valence-corrected chi connectivity index (χ0v) is 63.5. The number of unbranched alkanes of at least 4 members (excludes halogenated alkanes) is 63. The van der Waals surface area contributed by atoms with Gasteiger partial charge in [-0.1, -0.05) is 411 Å². The lowest BCUT2D eigenvalue weighted by atomic mass is 10.0. The predicted octanol–water partition coefficient (Wildman–Crippen LogP) is 26.7. The molecule has 0 saturated carbocycles. The van der Waals surface area contributed by atoms with Gasteiger partial charge in [0, 0.05) is 12.8 Å². The van der Waals surface area contributed by atoms with Gasteiger partial charge < -0.3 is 28.5 Å². The van der Waals surface area contributed by atoms with E-state index in [1.807, 2.05) is 21.1 Å². The minimum atomic E-state index is -1.51. The summed E-state index contributed by atoms with van der Waals surface area (Å²) in [6.45, 7) is 4.98. The molecule has 1 N–H and O–H groups in total. The molecule has 0 saturated heterocycles. The van der Waals surface area contributed by atoms with Crippen LogP contribution in [-0.4, -0.2) is 87.4 Å². The summed E-state index contributed by atoms with van der Waals surface area (Å²) in [5.41, 5.74) is 0. The van der Waals surface area contributed by atoms with Crippen LogP contribution in [0.5, 0.6) is 0 Å². The molecule has 0 aromatic heterocycles. The summed E-state index contributed by atoms with van der Waals surface area (Å²) in [4.78, 5) is 37.8. The van der Waals surface area contributed by atoms with Gasteiger partial charge >= 0.3 is 17.9 Å². The lowest BCUT2D eigenvalue weighted by molar-refractivity contribution is -0.870. The van der Waals surface area contributed by atoms with Gasteiger partial charge in [0.15, 0.2) is 6.10 Å². The van der Waals surface area contributed by atoms with Gasteiger partial charge in [-0.2, -0.15) is 0 Å². The van der Waals surface area contributed by atoms with Crippen LogP contribution >= 0.6 is 0 Å². The molecule has 0 radical (unpaired) electrons. The minimum absolute atomic E-state index is 0.173. The lowest BCUT2D eigenvalue weighted by Gasteiger charge is -2.25. The summed E-state index contributed by atoms with van der Waals surface area (Å²) in [6.07, 6.45) is 92.5. The van der Waals surface area contributed by atoms with Gasteiger partial charge in [-0.05, 0) is 38.5 Å². The molecule has 0 aromatic rings. The number of hydrogen-bond acceptors (Lipinski definition) is 7. The number of carboxylic acid groups (broad SMARTS) is 1. The standard InChI is InChI=1S/C84H163NO8/c1-6-8-10-12-14-16-18-20-22-24-26-28-30-32-34-36-38-39-40-41-42-43-45-46-48-50-52-54-56-58-60-62-64-66-68-70-72-74-81(86)91-78-80(79-92-84(83(88)89)90-77-76-85(3,4)5)93-82(87)75-73-71-69-67-65-63-61-59-57-55-53-51-49-47-44-37-35-33-31-29-27-25-23-21-19-17-15-13-11-9-7-2/h25,27,80,84H,6-24,26,28-79H2,1-5H3/p+1/b27-25-. The average molecular weight is 1320 g/mol. The van der Waals surface area contributed by atoms with Crippen LogP contribution < -0.4 is 0 Å². The van der Waals surface area contributed by atoms with Crippen molar-refractivity contribution in [1.82, 2.24) is 0 Å². The van der Waals surface area contributed by atoms with Crippen LogP contribution in [0.25, 0.3) is 0 Å². The monoisotopic (exact) mass is 1320 g/mol. The molecule has 9 heteroatoms. The zero-order valence-electron chi connectivity index (χ0n) is 63.5. The first-order chi connectivity index (χ1) is 45.6. The van der Waals surface area contributed by atoms with Crippen LogP contribution in [0.3, 0.4) is 0 Å². The molecule has 0 heterocycles. The van der Waals surface area contributed by atoms with E-state index in [1.54, 1.807) is 0 Å². The van der Waals surface area contributed by atoms with Crippen molar-refractivity contribution in [3.05, 3.63) is 12.2 Å². The Hall–Kier alpha value is -1.97. The third-order valence-corrected chi connectivity index (χ3v) is 19.5. The highest BCUT2D eigenvalue weighted by Gasteiger charge is 2.25. The van der Waals surface area contributed by atoms with Crippen molar-refractivity contribution in [1.29, 1.82) is 0 Å². The largest absolute Gasteiger partial charge is 0.477 e. The maximum Gasteiger partial charge on any atom is 0.361 e. The van der Waals surface area contributed by atoms with E-state index < -0.39 is 18.4 Å². The highest BCUT2D eigenvalue weighted by molar-refractivity contribution is 5.71. The topological polar surface area (TPSA) is 108 Å². The van der Waals surface area contributed by atoms with Crippen molar-refractivity contribution in [3.8, 4) is 0 Å². The van der Waals surface area contributed by atoms with Crippen LogP contribution in [0, 0.1) is 0 Å². The smallest absolute Gasteiger partial charge is 0.361 e. The van der Waals surface area contributed by atoms with Crippen LogP contribution in [0.1, 0.15) is 450 Å². The third kappa shape index (κ3) is 77.3. The molecular formula is C84H164NO8+. The molecule has 0 bridgehead atoms. The molecule has 0 aliphatic carbocycles. The van der Waals surface area contributed by atoms with Crippen molar-refractivity contribution < 1.29 is 42.9 Å². The molecular weight excluding hydrogens is 1150 g/mol. The molecule has 0 amide bonds. The second-order valence-electron chi connectivity index (χ2n) is 30.2. The molecule has 552 valence electrons. The van der Waals surface area contributed by atoms with E-state index in [-0.39, 0.29) is 38.2 Å². The second-order valence-corrected chi connectivity index (χ2v) is 30.2. The van der Waals surface area contributed by atoms with Gasteiger partial charge in [0.25, 0.3) is 6.29 Å². The number of carboxylic acids is 1. The summed E-state index contributed by atoms with van der Waals surface area (Å²) < 4.78 is 23.1. The third-order valence-electron chi connectivity index (χ3n) is 19.5. The van der Waals surface area contributed by atoms with Crippen LogP contribution in [0.4, 0.5) is 0 Å². The van der Waals surface area contributed by atoms with Crippen molar-refractivity contribution in [2.45, 2.75) is 463 Å². The zero-order chi connectivity index (χ0) is 67.5. The number of quaternary nitrogens is 1. The highest BCUT2D eigenvalue weighted by atomic mass is 16.7. The van der Waals surface area contributed by atoms with E-state index in [0.29, 0.717) is 17.4 Å². The predicted molar refractivity (Wildman–Crippen MR) is 402 cm³/mol. The molecule has 0 aliphatic heterocycles. The number of hydrogen-bond donors (Lipinski definition) is 1. The number of ether oxygens (including phenoxy) is 4. The Bertz CT molecular complexity index is 1530. The van der Waals surface area contributed by atoms with E-state index in [0.717, 1.165) is 38.5 Å². The molecule has 0 rings (SSSR count). The molecule has 0 aliphatic rings. The van der Waals surface area contributed by atoms with Gasteiger partial charge in [-0.25, -0.2) is 4.79 Å². The van der Waals surface area contributed by atoms with E-state index >= 15 is 0 Å².